The van der Waals surface area contributed by atoms with Crippen LogP contribution in [0.5, 0.6) is 0 Å². The van der Waals surface area contributed by atoms with Crippen molar-refractivity contribution >= 4 is 0 Å². The number of halogens is 1. The summed E-state index contributed by atoms with van der Waals surface area (Å²) in [6.45, 7) is 2.00. The van der Waals surface area contributed by atoms with Crippen molar-refractivity contribution in [2.75, 3.05) is 20.3 Å². The highest BCUT2D eigenvalue weighted by Gasteiger charge is 2.07. The molecule has 5 heteroatoms. The molecule has 0 unspecified atom stereocenters. The standard InChI is InChI=1S/C13H15FN2O2/c1-17-6-5-15-9-12-8-13(18-16-12)10-3-2-4-11(14)7-10/h2-4,7-8,15H,5-6,9H2,1H3. The molecule has 2 rings (SSSR count). The Balaban J connectivity index is 1.97. The summed E-state index contributed by atoms with van der Waals surface area (Å²) in [5.41, 5.74) is 1.47. The number of rotatable bonds is 6. The number of hydrogen-bond donors (Lipinski definition) is 1. The van der Waals surface area contributed by atoms with E-state index in [-0.39, 0.29) is 5.82 Å². The van der Waals surface area contributed by atoms with E-state index in [1.807, 2.05) is 0 Å². The third-order valence-electron chi connectivity index (χ3n) is 2.46. The van der Waals surface area contributed by atoms with Gasteiger partial charge in [-0.05, 0) is 12.1 Å². The van der Waals surface area contributed by atoms with Gasteiger partial charge in [-0.2, -0.15) is 0 Å². The van der Waals surface area contributed by atoms with E-state index in [1.165, 1.54) is 12.1 Å². The lowest BCUT2D eigenvalue weighted by atomic mass is 10.1. The fourth-order valence-corrected chi connectivity index (χ4v) is 1.56. The van der Waals surface area contributed by atoms with Crippen LogP contribution in [0.4, 0.5) is 4.39 Å². The highest BCUT2D eigenvalue weighted by molar-refractivity contribution is 5.57. The molecule has 1 N–H and O–H groups in total. The van der Waals surface area contributed by atoms with Crippen molar-refractivity contribution in [2.24, 2.45) is 0 Å². The first-order valence-electron chi connectivity index (χ1n) is 5.71. The minimum Gasteiger partial charge on any atom is -0.383 e. The Bertz CT molecular complexity index is 499. The zero-order valence-corrected chi connectivity index (χ0v) is 10.1. The minimum atomic E-state index is -0.288. The van der Waals surface area contributed by atoms with Crippen molar-refractivity contribution in [1.82, 2.24) is 10.5 Å². The molecule has 0 fully saturated rings. The summed E-state index contributed by atoms with van der Waals surface area (Å²) < 4.78 is 23.2. The second-order valence-corrected chi connectivity index (χ2v) is 3.86. The number of methoxy groups -OCH3 is 1. The molecular weight excluding hydrogens is 235 g/mol. The molecule has 1 aromatic carbocycles. The van der Waals surface area contributed by atoms with E-state index in [0.717, 1.165) is 12.2 Å². The molecule has 0 bridgehead atoms. The lowest BCUT2D eigenvalue weighted by Gasteiger charge is -1.99. The molecule has 1 aromatic heterocycles. The monoisotopic (exact) mass is 250 g/mol. The second kappa shape index (κ2) is 6.28. The summed E-state index contributed by atoms with van der Waals surface area (Å²) >= 11 is 0. The SMILES string of the molecule is COCCNCc1cc(-c2cccc(F)c2)on1. The Kier molecular flexibility index (Phi) is 4.44. The van der Waals surface area contributed by atoms with Crippen LogP contribution in [-0.2, 0) is 11.3 Å². The van der Waals surface area contributed by atoms with Crippen molar-refractivity contribution in [3.8, 4) is 11.3 Å². The Morgan fingerprint density at radius 1 is 1.39 bits per heavy atom. The predicted octanol–water partition coefficient (Wildman–Crippen LogP) is 2.22. The van der Waals surface area contributed by atoms with E-state index in [2.05, 4.69) is 10.5 Å². The van der Waals surface area contributed by atoms with Crippen molar-refractivity contribution in [3.05, 3.63) is 41.8 Å². The lowest BCUT2D eigenvalue weighted by molar-refractivity contribution is 0.199. The van der Waals surface area contributed by atoms with Gasteiger partial charge in [-0.3, -0.25) is 0 Å². The van der Waals surface area contributed by atoms with E-state index in [9.17, 15) is 4.39 Å². The highest BCUT2D eigenvalue weighted by atomic mass is 19.1. The largest absolute Gasteiger partial charge is 0.383 e. The number of nitrogens with one attached hydrogen (secondary N) is 1. The molecule has 0 radical (unpaired) electrons. The highest BCUT2D eigenvalue weighted by Crippen LogP contribution is 2.20. The predicted molar refractivity (Wildman–Crippen MR) is 65.5 cm³/mol. The van der Waals surface area contributed by atoms with Gasteiger partial charge in [-0.1, -0.05) is 17.3 Å². The average molecular weight is 250 g/mol. The van der Waals surface area contributed by atoms with Crippen LogP contribution in [0.15, 0.2) is 34.9 Å². The number of nitrogens with zero attached hydrogens (tertiary/aromatic N) is 1. The first kappa shape index (κ1) is 12.7. The van der Waals surface area contributed by atoms with Crippen LogP contribution in [0.2, 0.25) is 0 Å². The van der Waals surface area contributed by atoms with Crippen LogP contribution in [0.1, 0.15) is 5.69 Å². The summed E-state index contributed by atoms with van der Waals surface area (Å²) in [5.74, 6) is 0.279. The normalized spacial score (nSPS) is 10.8. The van der Waals surface area contributed by atoms with Gasteiger partial charge < -0.3 is 14.6 Å². The topological polar surface area (TPSA) is 47.3 Å². The molecule has 0 aliphatic heterocycles. The van der Waals surface area contributed by atoms with E-state index >= 15 is 0 Å². The molecule has 2 aromatic rings. The van der Waals surface area contributed by atoms with E-state index in [0.29, 0.717) is 24.5 Å². The molecule has 0 atom stereocenters. The Labute approximate surface area is 105 Å². The minimum absolute atomic E-state index is 0.288. The quantitative estimate of drug-likeness (QED) is 0.798. The summed E-state index contributed by atoms with van der Waals surface area (Å²) in [6.07, 6.45) is 0. The molecule has 96 valence electrons. The molecular formula is C13H15FN2O2. The van der Waals surface area contributed by atoms with Crippen molar-refractivity contribution in [1.29, 1.82) is 0 Å². The van der Waals surface area contributed by atoms with Crippen molar-refractivity contribution < 1.29 is 13.7 Å². The van der Waals surface area contributed by atoms with Crippen LogP contribution in [0.3, 0.4) is 0 Å². The zero-order chi connectivity index (χ0) is 12.8. The molecule has 0 amide bonds. The third-order valence-corrected chi connectivity index (χ3v) is 2.46. The van der Waals surface area contributed by atoms with Gasteiger partial charge in [-0.15, -0.1) is 0 Å². The van der Waals surface area contributed by atoms with E-state index in [4.69, 9.17) is 9.26 Å². The van der Waals surface area contributed by atoms with Gasteiger partial charge in [0.15, 0.2) is 5.76 Å². The zero-order valence-electron chi connectivity index (χ0n) is 10.1. The van der Waals surface area contributed by atoms with E-state index in [1.54, 1.807) is 25.3 Å². The smallest absolute Gasteiger partial charge is 0.167 e. The maximum Gasteiger partial charge on any atom is 0.167 e. The van der Waals surface area contributed by atoms with Crippen LogP contribution < -0.4 is 5.32 Å². The van der Waals surface area contributed by atoms with Crippen LogP contribution >= 0.6 is 0 Å². The molecule has 0 spiro atoms. The lowest BCUT2D eigenvalue weighted by Crippen LogP contribution is -2.18. The number of benzene rings is 1. The summed E-state index contributed by atoms with van der Waals surface area (Å²) in [6, 6.07) is 8.04. The van der Waals surface area contributed by atoms with Gasteiger partial charge in [0.1, 0.15) is 5.82 Å². The summed E-state index contributed by atoms with van der Waals surface area (Å²) in [7, 11) is 1.65. The first-order valence-corrected chi connectivity index (χ1v) is 5.71. The van der Waals surface area contributed by atoms with Crippen molar-refractivity contribution in [3.63, 3.8) is 0 Å². The molecule has 4 nitrogen and oxygen atoms in total. The van der Waals surface area contributed by atoms with Gasteiger partial charge in [0.2, 0.25) is 0 Å². The maximum absolute atomic E-state index is 13.1. The Morgan fingerprint density at radius 2 is 2.28 bits per heavy atom. The fraction of sp³-hybridized carbons (Fsp3) is 0.308. The molecule has 0 aliphatic rings. The first-order chi connectivity index (χ1) is 8.79. The van der Waals surface area contributed by atoms with Gasteiger partial charge >= 0.3 is 0 Å². The van der Waals surface area contributed by atoms with Gasteiger partial charge in [0, 0.05) is 31.8 Å². The Hall–Kier alpha value is -1.72. The van der Waals surface area contributed by atoms with Crippen LogP contribution in [0, 0.1) is 5.82 Å². The number of ether oxygens (including phenoxy) is 1. The molecule has 1 heterocycles. The number of aromatic nitrogens is 1. The van der Waals surface area contributed by atoms with Crippen LogP contribution in [-0.4, -0.2) is 25.4 Å². The van der Waals surface area contributed by atoms with E-state index < -0.39 is 0 Å². The third kappa shape index (κ3) is 3.38. The summed E-state index contributed by atoms with van der Waals surface area (Å²) in [4.78, 5) is 0. The van der Waals surface area contributed by atoms with Gasteiger partial charge in [-0.25, -0.2) is 4.39 Å². The molecule has 0 aliphatic carbocycles. The van der Waals surface area contributed by atoms with Gasteiger partial charge in [0.05, 0.1) is 12.3 Å². The molecule has 0 saturated carbocycles. The van der Waals surface area contributed by atoms with Crippen LogP contribution in [0.25, 0.3) is 11.3 Å². The molecule has 0 saturated heterocycles. The molecule has 18 heavy (non-hydrogen) atoms. The fourth-order valence-electron chi connectivity index (χ4n) is 1.56. The summed E-state index contributed by atoms with van der Waals surface area (Å²) in [5, 5.41) is 7.08. The number of hydrogen-bond acceptors (Lipinski definition) is 4. The maximum atomic E-state index is 13.1. The van der Waals surface area contributed by atoms with Gasteiger partial charge in [0.25, 0.3) is 0 Å². The Morgan fingerprint density at radius 3 is 3.06 bits per heavy atom. The van der Waals surface area contributed by atoms with Crippen molar-refractivity contribution in [2.45, 2.75) is 6.54 Å². The second-order valence-electron chi connectivity index (χ2n) is 3.86. The average Bonchev–Trinajstić information content (AvgIpc) is 2.83.